The Bertz CT molecular complexity index is 1080. The van der Waals surface area contributed by atoms with Gasteiger partial charge in [0, 0.05) is 29.0 Å². The number of ether oxygens (including phenoxy) is 2. The van der Waals surface area contributed by atoms with Gasteiger partial charge in [-0.3, -0.25) is 0 Å². The van der Waals surface area contributed by atoms with Crippen LogP contribution in [0.5, 0.6) is 11.5 Å². The Morgan fingerprint density at radius 3 is 2.76 bits per heavy atom. The quantitative estimate of drug-likeness (QED) is 0.558. The van der Waals surface area contributed by atoms with Crippen LogP contribution in [0.25, 0.3) is 28.2 Å². The molecule has 25 heavy (non-hydrogen) atoms. The van der Waals surface area contributed by atoms with Crippen molar-refractivity contribution in [2.75, 3.05) is 7.11 Å². The number of fused-ring (bicyclic) bond motifs is 5. The summed E-state index contributed by atoms with van der Waals surface area (Å²) in [4.78, 5) is 4.54. The second-order valence-corrected chi connectivity index (χ2v) is 5.94. The van der Waals surface area contributed by atoms with Crippen molar-refractivity contribution in [2.45, 2.75) is 6.61 Å². The fourth-order valence-corrected chi connectivity index (χ4v) is 3.21. The maximum Gasteiger partial charge on any atom is 0.156 e. The van der Waals surface area contributed by atoms with E-state index < -0.39 is 0 Å². The number of hydrogen-bond acceptors (Lipinski definition) is 4. The van der Waals surface area contributed by atoms with E-state index in [1.165, 1.54) is 0 Å². The number of methoxy groups -OCH3 is 1. The summed E-state index contributed by atoms with van der Waals surface area (Å²) in [5.41, 5.74) is 5.86. The number of hydrogen-bond donors (Lipinski definition) is 0. The molecule has 0 atom stereocenters. The summed E-state index contributed by atoms with van der Waals surface area (Å²) in [7, 11) is 1.66. The molecule has 0 amide bonds. The predicted molar refractivity (Wildman–Crippen MR) is 94.7 cm³/mol. The standard InChI is InChI=1S/C20H15N3O2/c1-24-15-8-6-13(7-9-15)17-10-19-21-11-14-12-25-18-5-3-2-4-16(18)20(14)23(19)22-17/h2-11H,12H2,1H3. The normalized spacial score (nSPS) is 12.4. The summed E-state index contributed by atoms with van der Waals surface area (Å²) in [6.45, 7) is 0.507. The minimum Gasteiger partial charge on any atom is -0.497 e. The number of para-hydroxylation sites is 1. The maximum atomic E-state index is 5.82. The monoisotopic (exact) mass is 329 g/mol. The minimum absolute atomic E-state index is 0.507. The molecule has 1 aliphatic heterocycles. The first kappa shape index (κ1) is 14.0. The van der Waals surface area contributed by atoms with Gasteiger partial charge in [0.15, 0.2) is 5.65 Å². The first-order valence-corrected chi connectivity index (χ1v) is 8.08. The highest BCUT2D eigenvalue weighted by Crippen LogP contribution is 2.37. The Hall–Kier alpha value is -3.34. The Morgan fingerprint density at radius 1 is 1.08 bits per heavy atom. The van der Waals surface area contributed by atoms with Crippen LogP contribution in [-0.4, -0.2) is 21.7 Å². The molecule has 1 aliphatic rings. The minimum atomic E-state index is 0.507. The van der Waals surface area contributed by atoms with E-state index in [-0.39, 0.29) is 0 Å². The smallest absolute Gasteiger partial charge is 0.156 e. The molecule has 2 aromatic carbocycles. The SMILES string of the molecule is COc1ccc(-c2cc3ncc4c(n3n2)-c2ccccc2OC4)cc1. The third kappa shape index (κ3) is 2.16. The Labute approximate surface area is 144 Å². The van der Waals surface area contributed by atoms with Crippen molar-refractivity contribution in [1.82, 2.24) is 14.6 Å². The number of benzene rings is 2. The third-order valence-corrected chi connectivity index (χ3v) is 4.47. The summed E-state index contributed by atoms with van der Waals surface area (Å²) < 4.78 is 13.0. The van der Waals surface area contributed by atoms with Crippen molar-refractivity contribution in [3.63, 3.8) is 0 Å². The lowest BCUT2D eigenvalue weighted by molar-refractivity contribution is 0.300. The van der Waals surface area contributed by atoms with Crippen LogP contribution < -0.4 is 9.47 Å². The Morgan fingerprint density at radius 2 is 1.92 bits per heavy atom. The van der Waals surface area contributed by atoms with E-state index in [2.05, 4.69) is 11.1 Å². The van der Waals surface area contributed by atoms with Gasteiger partial charge in [-0.1, -0.05) is 12.1 Å². The van der Waals surface area contributed by atoms with E-state index in [0.29, 0.717) is 6.61 Å². The third-order valence-electron chi connectivity index (χ3n) is 4.47. The Kier molecular flexibility index (Phi) is 3.00. The highest BCUT2D eigenvalue weighted by molar-refractivity contribution is 5.75. The molecule has 5 nitrogen and oxygen atoms in total. The van der Waals surface area contributed by atoms with Gasteiger partial charge in [-0.2, -0.15) is 5.10 Å². The zero-order valence-electron chi connectivity index (χ0n) is 13.6. The molecule has 5 rings (SSSR count). The zero-order valence-corrected chi connectivity index (χ0v) is 13.6. The number of aromatic nitrogens is 3. The van der Waals surface area contributed by atoms with E-state index in [1.807, 2.05) is 59.2 Å². The van der Waals surface area contributed by atoms with E-state index in [1.54, 1.807) is 7.11 Å². The van der Waals surface area contributed by atoms with Crippen LogP contribution in [-0.2, 0) is 6.61 Å². The van der Waals surface area contributed by atoms with Crippen LogP contribution in [0.3, 0.4) is 0 Å². The fraction of sp³-hybridized carbons (Fsp3) is 0.100. The summed E-state index contributed by atoms with van der Waals surface area (Å²) in [6, 6.07) is 17.9. The molecular weight excluding hydrogens is 314 g/mol. The van der Waals surface area contributed by atoms with Crippen LogP contribution in [0.4, 0.5) is 0 Å². The van der Waals surface area contributed by atoms with E-state index in [0.717, 1.165) is 45.2 Å². The molecule has 3 heterocycles. The fourth-order valence-electron chi connectivity index (χ4n) is 3.21. The molecule has 0 aliphatic carbocycles. The van der Waals surface area contributed by atoms with Crippen LogP contribution in [0.1, 0.15) is 5.56 Å². The van der Waals surface area contributed by atoms with Gasteiger partial charge < -0.3 is 9.47 Å². The summed E-state index contributed by atoms with van der Waals surface area (Å²) in [5, 5.41) is 4.81. The molecule has 0 spiro atoms. The van der Waals surface area contributed by atoms with Crippen LogP contribution in [0.15, 0.2) is 60.8 Å². The van der Waals surface area contributed by atoms with Crippen molar-refractivity contribution in [1.29, 1.82) is 0 Å². The second kappa shape index (κ2) is 5.34. The van der Waals surface area contributed by atoms with Crippen LogP contribution >= 0.6 is 0 Å². The molecule has 0 saturated heterocycles. The lowest BCUT2D eigenvalue weighted by Gasteiger charge is -2.20. The summed E-state index contributed by atoms with van der Waals surface area (Å²) in [6.07, 6.45) is 1.88. The van der Waals surface area contributed by atoms with Gasteiger partial charge in [0.05, 0.1) is 18.5 Å². The molecule has 4 aromatic rings. The van der Waals surface area contributed by atoms with Crippen molar-refractivity contribution < 1.29 is 9.47 Å². The van der Waals surface area contributed by atoms with Crippen LogP contribution in [0.2, 0.25) is 0 Å². The topological polar surface area (TPSA) is 48.7 Å². The van der Waals surface area contributed by atoms with Gasteiger partial charge in [0.1, 0.15) is 18.1 Å². The average molecular weight is 329 g/mol. The molecule has 0 fully saturated rings. The molecule has 0 saturated carbocycles. The molecular formula is C20H15N3O2. The van der Waals surface area contributed by atoms with Gasteiger partial charge in [-0.25, -0.2) is 9.50 Å². The van der Waals surface area contributed by atoms with E-state index >= 15 is 0 Å². The van der Waals surface area contributed by atoms with Crippen molar-refractivity contribution in [3.05, 3.63) is 66.4 Å². The molecule has 122 valence electrons. The van der Waals surface area contributed by atoms with Gasteiger partial charge in [0.2, 0.25) is 0 Å². The van der Waals surface area contributed by atoms with Crippen molar-refractivity contribution in [3.8, 4) is 34.0 Å². The van der Waals surface area contributed by atoms with E-state index in [9.17, 15) is 0 Å². The van der Waals surface area contributed by atoms with Crippen molar-refractivity contribution >= 4 is 5.65 Å². The highest BCUT2D eigenvalue weighted by Gasteiger charge is 2.21. The largest absolute Gasteiger partial charge is 0.497 e. The zero-order chi connectivity index (χ0) is 16.8. The molecule has 0 N–H and O–H groups in total. The first-order valence-electron chi connectivity index (χ1n) is 8.08. The molecule has 0 bridgehead atoms. The van der Waals surface area contributed by atoms with Gasteiger partial charge in [-0.15, -0.1) is 0 Å². The lowest BCUT2D eigenvalue weighted by Crippen LogP contribution is -2.10. The molecule has 0 radical (unpaired) electrons. The predicted octanol–water partition coefficient (Wildman–Crippen LogP) is 3.96. The van der Waals surface area contributed by atoms with Gasteiger partial charge in [0.25, 0.3) is 0 Å². The Balaban J connectivity index is 1.71. The number of nitrogens with zero attached hydrogens (tertiary/aromatic N) is 3. The summed E-state index contributed by atoms with van der Waals surface area (Å²) in [5.74, 6) is 1.71. The maximum absolute atomic E-state index is 5.82. The second-order valence-electron chi connectivity index (χ2n) is 5.94. The first-order chi connectivity index (χ1) is 12.3. The molecule has 0 unspecified atom stereocenters. The molecule has 5 heteroatoms. The highest BCUT2D eigenvalue weighted by atomic mass is 16.5. The van der Waals surface area contributed by atoms with Crippen LogP contribution in [0, 0.1) is 0 Å². The number of rotatable bonds is 2. The van der Waals surface area contributed by atoms with E-state index in [4.69, 9.17) is 14.6 Å². The average Bonchev–Trinajstić information content (AvgIpc) is 3.12. The summed E-state index contributed by atoms with van der Waals surface area (Å²) >= 11 is 0. The van der Waals surface area contributed by atoms with Gasteiger partial charge >= 0.3 is 0 Å². The molecule has 2 aromatic heterocycles. The lowest BCUT2D eigenvalue weighted by atomic mass is 10.0. The van der Waals surface area contributed by atoms with Gasteiger partial charge in [-0.05, 0) is 36.4 Å². The van der Waals surface area contributed by atoms with Crippen molar-refractivity contribution in [2.24, 2.45) is 0 Å².